The molecule has 178 valence electrons. The lowest BCUT2D eigenvalue weighted by Crippen LogP contribution is -2.34. The number of amides is 1. The summed E-state index contributed by atoms with van der Waals surface area (Å²) in [5.41, 5.74) is 2.09. The second-order valence-electron chi connectivity index (χ2n) is 9.39. The molecule has 31 heavy (non-hydrogen) atoms. The van der Waals surface area contributed by atoms with Crippen LogP contribution in [0.5, 0.6) is 0 Å². The van der Waals surface area contributed by atoms with Crippen molar-refractivity contribution in [3.05, 3.63) is 35.4 Å². The van der Waals surface area contributed by atoms with Crippen molar-refractivity contribution in [2.75, 3.05) is 0 Å². The molecule has 0 aliphatic rings. The molecule has 0 heterocycles. The average Bonchev–Trinajstić information content (AvgIpc) is 2.79. The molecule has 0 saturated heterocycles. The van der Waals surface area contributed by atoms with Crippen molar-refractivity contribution < 1.29 is 4.79 Å². The van der Waals surface area contributed by atoms with E-state index >= 15 is 0 Å². The summed E-state index contributed by atoms with van der Waals surface area (Å²) in [5, 5.41) is 3.36. The molecule has 0 bridgehead atoms. The summed E-state index contributed by atoms with van der Waals surface area (Å²) in [4.78, 5) is 12.8. The quantitative estimate of drug-likeness (QED) is 0.206. The molecule has 1 aromatic rings. The topological polar surface area (TPSA) is 29.1 Å². The first-order valence-electron chi connectivity index (χ1n) is 13.6. The number of benzene rings is 1. The molecule has 1 rings (SSSR count). The number of unbranched alkanes of at least 4 members (excludes halogenated alkanes) is 13. The van der Waals surface area contributed by atoms with Crippen LogP contribution in [0.3, 0.4) is 0 Å². The van der Waals surface area contributed by atoms with Gasteiger partial charge in [0, 0.05) is 11.6 Å². The van der Waals surface area contributed by atoms with Crippen LogP contribution in [0, 0.1) is 0 Å². The van der Waals surface area contributed by atoms with Crippen LogP contribution in [0.15, 0.2) is 24.3 Å². The van der Waals surface area contributed by atoms with Gasteiger partial charge in [-0.05, 0) is 37.0 Å². The Morgan fingerprint density at radius 1 is 0.645 bits per heavy atom. The lowest BCUT2D eigenvalue weighted by Gasteiger charge is -2.19. The van der Waals surface area contributed by atoms with E-state index in [1.165, 1.54) is 102 Å². The van der Waals surface area contributed by atoms with Crippen LogP contribution in [0.1, 0.15) is 146 Å². The molecule has 0 radical (unpaired) electrons. The van der Waals surface area contributed by atoms with E-state index in [0.717, 1.165) is 24.8 Å². The molecule has 0 fully saturated rings. The number of hydrogen-bond donors (Lipinski definition) is 1. The Morgan fingerprint density at radius 2 is 1.06 bits per heavy atom. The van der Waals surface area contributed by atoms with Gasteiger partial charge in [-0.25, -0.2) is 0 Å². The summed E-state index contributed by atoms with van der Waals surface area (Å²) in [7, 11) is 0. The molecule has 1 amide bonds. The number of rotatable bonds is 20. The SMILES string of the molecule is CCCCCCCCCCC(CCCCCCCCC)NC(=O)c1ccc(CC)cc1. The van der Waals surface area contributed by atoms with E-state index in [0.29, 0.717) is 6.04 Å². The van der Waals surface area contributed by atoms with Crippen LogP contribution in [0.25, 0.3) is 0 Å². The second-order valence-corrected chi connectivity index (χ2v) is 9.39. The van der Waals surface area contributed by atoms with Crippen molar-refractivity contribution in [3.63, 3.8) is 0 Å². The maximum absolute atomic E-state index is 12.8. The molecule has 1 aromatic carbocycles. The van der Waals surface area contributed by atoms with Crippen LogP contribution in [-0.4, -0.2) is 11.9 Å². The maximum Gasteiger partial charge on any atom is 0.251 e. The van der Waals surface area contributed by atoms with Gasteiger partial charge in [0.15, 0.2) is 0 Å². The second kappa shape index (κ2) is 19.4. The van der Waals surface area contributed by atoms with Gasteiger partial charge >= 0.3 is 0 Å². The van der Waals surface area contributed by atoms with Crippen molar-refractivity contribution in [2.24, 2.45) is 0 Å². The largest absolute Gasteiger partial charge is 0.349 e. The van der Waals surface area contributed by atoms with Crippen molar-refractivity contribution in [2.45, 2.75) is 142 Å². The van der Waals surface area contributed by atoms with Crippen LogP contribution in [-0.2, 0) is 6.42 Å². The first-order valence-corrected chi connectivity index (χ1v) is 13.6. The minimum absolute atomic E-state index is 0.107. The first kappa shape index (κ1) is 27.7. The van der Waals surface area contributed by atoms with Crippen LogP contribution < -0.4 is 5.32 Å². The molecule has 1 N–H and O–H groups in total. The van der Waals surface area contributed by atoms with Gasteiger partial charge in [-0.3, -0.25) is 4.79 Å². The fraction of sp³-hybridized carbons (Fsp3) is 0.759. The van der Waals surface area contributed by atoms with E-state index in [2.05, 4.69) is 38.2 Å². The fourth-order valence-corrected chi connectivity index (χ4v) is 4.32. The van der Waals surface area contributed by atoms with Gasteiger partial charge in [0.2, 0.25) is 0 Å². The van der Waals surface area contributed by atoms with Gasteiger partial charge < -0.3 is 5.32 Å². The standard InChI is InChI=1S/C29H51NO/c1-4-7-9-11-13-15-17-19-21-28(20-18-16-14-12-10-8-5-2)30-29(31)27-24-22-26(6-3)23-25-27/h22-25,28H,4-21H2,1-3H3,(H,30,31). The Morgan fingerprint density at radius 3 is 1.48 bits per heavy atom. The van der Waals surface area contributed by atoms with Crippen LogP contribution in [0.2, 0.25) is 0 Å². The number of carbonyl (C=O) groups is 1. The molecule has 2 nitrogen and oxygen atoms in total. The predicted molar refractivity (Wildman–Crippen MR) is 137 cm³/mol. The lowest BCUT2D eigenvalue weighted by molar-refractivity contribution is 0.0931. The zero-order valence-corrected chi connectivity index (χ0v) is 21.0. The Bertz CT molecular complexity index is 536. The van der Waals surface area contributed by atoms with Crippen LogP contribution >= 0.6 is 0 Å². The normalized spacial score (nSPS) is 12.1. The molecule has 0 aromatic heterocycles. The minimum atomic E-state index is 0.107. The molecule has 0 saturated carbocycles. The van der Waals surface area contributed by atoms with Crippen molar-refractivity contribution in [3.8, 4) is 0 Å². The number of hydrogen-bond acceptors (Lipinski definition) is 1. The van der Waals surface area contributed by atoms with E-state index in [1.807, 2.05) is 12.1 Å². The fourth-order valence-electron chi connectivity index (χ4n) is 4.32. The molecule has 1 atom stereocenters. The van der Waals surface area contributed by atoms with E-state index in [-0.39, 0.29) is 5.91 Å². The summed E-state index contributed by atoms with van der Waals surface area (Å²) in [6, 6.07) is 8.45. The van der Waals surface area contributed by atoms with Crippen molar-refractivity contribution >= 4 is 5.91 Å². The van der Waals surface area contributed by atoms with Gasteiger partial charge in [0.1, 0.15) is 0 Å². The molecule has 2 heteroatoms. The van der Waals surface area contributed by atoms with Gasteiger partial charge in [-0.15, -0.1) is 0 Å². The van der Waals surface area contributed by atoms with Gasteiger partial charge in [-0.2, -0.15) is 0 Å². The molecular formula is C29H51NO. The molecule has 0 spiro atoms. The third-order valence-electron chi connectivity index (χ3n) is 6.52. The van der Waals surface area contributed by atoms with Gasteiger partial charge in [0.25, 0.3) is 5.91 Å². The Hall–Kier alpha value is -1.31. The van der Waals surface area contributed by atoms with E-state index in [4.69, 9.17) is 0 Å². The number of nitrogens with one attached hydrogen (secondary N) is 1. The van der Waals surface area contributed by atoms with Crippen LogP contribution in [0.4, 0.5) is 0 Å². The highest BCUT2D eigenvalue weighted by Gasteiger charge is 2.13. The van der Waals surface area contributed by atoms with E-state index in [9.17, 15) is 4.79 Å². The molecular weight excluding hydrogens is 378 g/mol. The zero-order valence-electron chi connectivity index (χ0n) is 21.0. The zero-order chi connectivity index (χ0) is 22.6. The summed E-state index contributed by atoms with van der Waals surface area (Å²) >= 11 is 0. The summed E-state index contributed by atoms with van der Waals surface area (Å²) in [5.74, 6) is 0.107. The van der Waals surface area contributed by atoms with Crippen molar-refractivity contribution in [1.29, 1.82) is 0 Å². The summed E-state index contributed by atoms with van der Waals surface area (Å²) in [6.45, 7) is 6.70. The minimum Gasteiger partial charge on any atom is -0.349 e. The number of aryl methyl sites for hydroxylation is 1. The number of carbonyl (C=O) groups excluding carboxylic acids is 1. The Balaban J connectivity index is 2.38. The van der Waals surface area contributed by atoms with Crippen molar-refractivity contribution in [1.82, 2.24) is 5.32 Å². The monoisotopic (exact) mass is 429 g/mol. The summed E-state index contributed by atoms with van der Waals surface area (Å²) in [6.07, 6.45) is 23.3. The Labute approximate surface area is 194 Å². The van der Waals surface area contributed by atoms with E-state index < -0.39 is 0 Å². The highest BCUT2D eigenvalue weighted by atomic mass is 16.1. The maximum atomic E-state index is 12.8. The van der Waals surface area contributed by atoms with Gasteiger partial charge in [-0.1, -0.05) is 129 Å². The smallest absolute Gasteiger partial charge is 0.251 e. The Kier molecular flexibility index (Phi) is 17.3. The third-order valence-corrected chi connectivity index (χ3v) is 6.52. The first-order chi connectivity index (χ1) is 15.2. The predicted octanol–water partition coefficient (Wildman–Crippen LogP) is 9.02. The molecule has 0 aliphatic carbocycles. The van der Waals surface area contributed by atoms with Gasteiger partial charge in [0.05, 0.1) is 0 Å². The summed E-state index contributed by atoms with van der Waals surface area (Å²) < 4.78 is 0. The lowest BCUT2D eigenvalue weighted by atomic mass is 9.99. The highest BCUT2D eigenvalue weighted by molar-refractivity contribution is 5.94. The molecule has 0 aliphatic heterocycles. The third kappa shape index (κ3) is 14.4. The average molecular weight is 430 g/mol. The van der Waals surface area contributed by atoms with E-state index in [1.54, 1.807) is 0 Å². The molecule has 1 unspecified atom stereocenters. The highest BCUT2D eigenvalue weighted by Crippen LogP contribution is 2.16.